The number of anilines is 1. The number of hydrogen-bond acceptors (Lipinski definition) is 5. The fourth-order valence-corrected chi connectivity index (χ4v) is 2.11. The van der Waals surface area contributed by atoms with E-state index in [9.17, 15) is 0 Å². The van der Waals surface area contributed by atoms with Gasteiger partial charge in [0.15, 0.2) is 5.65 Å². The largest absolute Gasteiger partial charge is 0.481 e. The quantitative estimate of drug-likeness (QED) is 0.779. The molecule has 0 radical (unpaired) electrons. The van der Waals surface area contributed by atoms with Crippen molar-refractivity contribution in [2.24, 2.45) is 0 Å². The zero-order valence-corrected chi connectivity index (χ0v) is 11.2. The Morgan fingerprint density at radius 3 is 2.85 bits per heavy atom. The van der Waals surface area contributed by atoms with Crippen LogP contribution in [0.4, 0.5) is 5.95 Å². The molecule has 0 fully saturated rings. The number of nitrogen functional groups attached to an aromatic ring is 1. The Hall–Kier alpha value is -2.63. The van der Waals surface area contributed by atoms with Crippen molar-refractivity contribution in [2.45, 2.75) is 13.0 Å². The summed E-state index contributed by atoms with van der Waals surface area (Å²) in [4.78, 5) is 13.0. The average Bonchev–Trinajstić information content (AvgIpc) is 2.80. The van der Waals surface area contributed by atoms with Crippen LogP contribution < -0.4 is 10.5 Å². The second-order valence-electron chi connectivity index (χ2n) is 4.39. The van der Waals surface area contributed by atoms with E-state index in [0.717, 1.165) is 23.3 Å². The minimum absolute atomic E-state index is 0.455. The number of pyridine rings is 2. The van der Waals surface area contributed by atoms with E-state index in [1.807, 2.05) is 28.8 Å². The number of nitrogens with two attached hydrogens (primary N) is 1. The van der Waals surface area contributed by atoms with E-state index in [0.29, 0.717) is 18.4 Å². The van der Waals surface area contributed by atoms with Gasteiger partial charge in [-0.2, -0.15) is 4.98 Å². The fraction of sp³-hybridized carbons (Fsp3) is 0.214. The Balaban J connectivity index is 1.92. The summed E-state index contributed by atoms with van der Waals surface area (Å²) in [6.45, 7) is 0.680. The maximum absolute atomic E-state index is 5.96. The summed E-state index contributed by atoms with van der Waals surface area (Å²) in [5.74, 6) is 1.01. The molecule has 3 rings (SSSR count). The lowest BCUT2D eigenvalue weighted by molar-refractivity contribution is 0.399. The van der Waals surface area contributed by atoms with Crippen LogP contribution in [0.1, 0.15) is 5.69 Å². The van der Waals surface area contributed by atoms with E-state index in [-0.39, 0.29) is 0 Å². The second-order valence-corrected chi connectivity index (χ2v) is 4.39. The molecule has 3 aromatic heterocycles. The highest BCUT2D eigenvalue weighted by Crippen LogP contribution is 2.19. The van der Waals surface area contributed by atoms with Gasteiger partial charge < -0.3 is 10.5 Å². The maximum Gasteiger partial charge on any atom is 0.215 e. The lowest BCUT2D eigenvalue weighted by atomic mass is 10.3. The van der Waals surface area contributed by atoms with Crippen LogP contribution in [-0.2, 0) is 13.0 Å². The minimum atomic E-state index is 0.455. The van der Waals surface area contributed by atoms with E-state index < -0.39 is 0 Å². The number of ether oxygens (including phenoxy) is 1. The zero-order chi connectivity index (χ0) is 13.9. The minimum Gasteiger partial charge on any atom is -0.481 e. The van der Waals surface area contributed by atoms with Gasteiger partial charge in [0, 0.05) is 30.9 Å². The smallest absolute Gasteiger partial charge is 0.215 e. The monoisotopic (exact) mass is 269 g/mol. The summed E-state index contributed by atoms with van der Waals surface area (Å²) in [5.41, 5.74) is 8.47. The van der Waals surface area contributed by atoms with Crippen molar-refractivity contribution in [3.63, 3.8) is 0 Å². The normalized spacial score (nSPS) is 10.8. The molecular formula is C14H15N5O. The number of aromatic nitrogens is 4. The Bertz CT molecular complexity index is 723. The van der Waals surface area contributed by atoms with Crippen molar-refractivity contribution in [1.29, 1.82) is 0 Å². The predicted molar refractivity (Wildman–Crippen MR) is 76.4 cm³/mol. The molecule has 0 atom stereocenters. The SMILES string of the molecule is COc1ccc2nc(N)n(CCc3ccccn3)c2n1. The van der Waals surface area contributed by atoms with Crippen molar-refractivity contribution in [1.82, 2.24) is 19.5 Å². The molecule has 20 heavy (non-hydrogen) atoms. The van der Waals surface area contributed by atoms with Gasteiger partial charge in [-0.3, -0.25) is 9.55 Å². The Morgan fingerprint density at radius 1 is 1.20 bits per heavy atom. The summed E-state index contributed by atoms with van der Waals surface area (Å²) in [6.07, 6.45) is 2.56. The van der Waals surface area contributed by atoms with Gasteiger partial charge in [0.25, 0.3) is 0 Å². The Morgan fingerprint density at radius 2 is 2.10 bits per heavy atom. The van der Waals surface area contributed by atoms with E-state index in [4.69, 9.17) is 10.5 Å². The summed E-state index contributed by atoms with van der Waals surface area (Å²) >= 11 is 0. The van der Waals surface area contributed by atoms with Crippen LogP contribution in [0.2, 0.25) is 0 Å². The van der Waals surface area contributed by atoms with Crippen molar-refractivity contribution in [3.05, 3.63) is 42.2 Å². The molecule has 0 aliphatic carbocycles. The molecule has 102 valence electrons. The molecule has 0 bridgehead atoms. The highest BCUT2D eigenvalue weighted by Gasteiger charge is 2.10. The third kappa shape index (κ3) is 2.27. The number of imidazole rings is 1. The molecule has 0 aliphatic rings. The number of fused-ring (bicyclic) bond motifs is 1. The molecular weight excluding hydrogens is 254 g/mol. The predicted octanol–water partition coefficient (Wildman–Crippen LogP) is 1.66. The van der Waals surface area contributed by atoms with Crippen molar-refractivity contribution >= 4 is 17.1 Å². The second kappa shape index (κ2) is 5.16. The van der Waals surface area contributed by atoms with Gasteiger partial charge in [0.2, 0.25) is 11.8 Å². The molecule has 2 N–H and O–H groups in total. The van der Waals surface area contributed by atoms with Crippen molar-refractivity contribution in [3.8, 4) is 5.88 Å². The third-order valence-electron chi connectivity index (χ3n) is 3.12. The van der Waals surface area contributed by atoms with Crippen LogP contribution in [0.5, 0.6) is 5.88 Å². The molecule has 0 saturated carbocycles. The Kier molecular flexibility index (Phi) is 3.20. The van der Waals surface area contributed by atoms with E-state index in [1.54, 1.807) is 19.4 Å². The number of methoxy groups -OCH3 is 1. The molecule has 3 aromatic rings. The molecule has 0 unspecified atom stereocenters. The molecule has 0 saturated heterocycles. The van der Waals surface area contributed by atoms with Gasteiger partial charge in [-0.1, -0.05) is 6.07 Å². The van der Waals surface area contributed by atoms with Crippen molar-refractivity contribution in [2.75, 3.05) is 12.8 Å². The van der Waals surface area contributed by atoms with E-state index in [1.165, 1.54) is 0 Å². The topological polar surface area (TPSA) is 78.9 Å². The molecule has 0 amide bonds. The number of nitrogens with zero attached hydrogens (tertiary/aromatic N) is 4. The molecule has 3 heterocycles. The first-order valence-corrected chi connectivity index (χ1v) is 6.34. The Labute approximate surface area is 116 Å². The summed E-state index contributed by atoms with van der Waals surface area (Å²) in [6, 6.07) is 9.49. The number of rotatable bonds is 4. The third-order valence-corrected chi connectivity index (χ3v) is 3.12. The zero-order valence-electron chi connectivity index (χ0n) is 11.2. The van der Waals surface area contributed by atoms with Crippen LogP contribution in [0.25, 0.3) is 11.2 Å². The fourth-order valence-electron chi connectivity index (χ4n) is 2.11. The molecule has 6 heteroatoms. The van der Waals surface area contributed by atoms with Gasteiger partial charge in [-0.15, -0.1) is 0 Å². The molecule has 0 spiro atoms. The molecule has 6 nitrogen and oxygen atoms in total. The van der Waals surface area contributed by atoms with Gasteiger partial charge in [-0.05, 0) is 18.2 Å². The average molecular weight is 269 g/mol. The van der Waals surface area contributed by atoms with Crippen LogP contribution in [-0.4, -0.2) is 26.6 Å². The van der Waals surface area contributed by atoms with Gasteiger partial charge in [0.05, 0.1) is 7.11 Å². The highest BCUT2D eigenvalue weighted by molar-refractivity contribution is 5.74. The highest BCUT2D eigenvalue weighted by atomic mass is 16.5. The van der Waals surface area contributed by atoms with Crippen LogP contribution in [0.3, 0.4) is 0 Å². The van der Waals surface area contributed by atoms with Gasteiger partial charge in [0.1, 0.15) is 5.52 Å². The molecule has 0 aliphatic heterocycles. The van der Waals surface area contributed by atoms with E-state index in [2.05, 4.69) is 15.0 Å². The standard InChI is InChI=1S/C14H15N5O/c1-20-12-6-5-11-13(18-12)19(14(15)17-11)9-7-10-4-2-3-8-16-10/h2-6,8H,7,9H2,1H3,(H2,15,17). The maximum atomic E-state index is 5.96. The number of hydrogen-bond donors (Lipinski definition) is 1. The summed E-state index contributed by atoms with van der Waals surface area (Å²) in [5, 5.41) is 0. The van der Waals surface area contributed by atoms with E-state index >= 15 is 0 Å². The van der Waals surface area contributed by atoms with Crippen LogP contribution >= 0.6 is 0 Å². The lowest BCUT2D eigenvalue weighted by Gasteiger charge is -2.06. The number of aryl methyl sites for hydroxylation is 2. The van der Waals surface area contributed by atoms with Crippen molar-refractivity contribution < 1.29 is 4.74 Å². The van der Waals surface area contributed by atoms with Crippen LogP contribution in [0, 0.1) is 0 Å². The lowest BCUT2D eigenvalue weighted by Crippen LogP contribution is -2.07. The summed E-state index contributed by atoms with van der Waals surface area (Å²) < 4.78 is 7.03. The first-order valence-electron chi connectivity index (χ1n) is 6.34. The van der Waals surface area contributed by atoms with Gasteiger partial charge >= 0.3 is 0 Å². The van der Waals surface area contributed by atoms with Crippen LogP contribution in [0.15, 0.2) is 36.5 Å². The first-order chi connectivity index (χ1) is 9.78. The first kappa shape index (κ1) is 12.4. The molecule has 0 aromatic carbocycles. The summed E-state index contributed by atoms with van der Waals surface area (Å²) in [7, 11) is 1.59. The van der Waals surface area contributed by atoms with Gasteiger partial charge in [-0.25, -0.2) is 4.98 Å².